The molecule has 1 aromatic carbocycles. The van der Waals surface area contributed by atoms with Crippen molar-refractivity contribution in [2.75, 3.05) is 6.54 Å². The minimum absolute atomic E-state index is 0.0233. The molecule has 1 saturated carbocycles. The van der Waals surface area contributed by atoms with Gasteiger partial charge in [-0.1, -0.05) is 25.0 Å². The third kappa shape index (κ3) is 4.31. The smallest absolute Gasteiger partial charge is 0.234 e. The summed E-state index contributed by atoms with van der Waals surface area (Å²) in [4.78, 5) is 11.8. The maximum Gasteiger partial charge on any atom is 0.234 e. The van der Waals surface area contributed by atoms with Crippen LogP contribution >= 0.6 is 0 Å². The lowest BCUT2D eigenvalue weighted by molar-refractivity contribution is -0.121. The lowest BCUT2D eigenvalue weighted by atomic mass is 10.1. The zero-order valence-corrected chi connectivity index (χ0v) is 11.3. The van der Waals surface area contributed by atoms with Crippen molar-refractivity contribution in [1.82, 2.24) is 10.6 Å². The van der Waals surface area contributed by atoms with Gasteiger partial charge in [0.15, 0.2) is 0 Å². The highest BCUT2D eigenvalue weighted by molar-refractivity contribution is 5.78. The number of hydrogen-bond donors (Lipinski definition) is 2. The van der Waals surface area contributed by atoms with Crippen LogP contribution in [0.4, 0.5) is 4.39 Å². The van der Waals surface area contributed by atoms with Gasteiger partial charge >= 0.3 is 0 Å². The quantitative estimate of drug-likeness (QED) is 0.858. The summed E-state index contributed by atoms with van der Waals surface area (Å²) in [6.07, 6.45) is 4.59. The standard InChI is InChI=1S/C15H21FN2O/c1-11(12-5-4-6-13(16)9-12)17-10-15(19)18-14-7-2-3-8-14/h4-6,9,11,14,17H,2-3,7-8,10H2,1H3,(H,18,19). The summed E-state index contributed by atoms with van der Waals surface area (Å²) in [6.45, 7) is 2.20. The second-order valence-electron chi connectivity index (χ2n) is 5.21. The molecular weight excluding hydrogens is 243 g/mol. The maximum atomic E-state index is 13.1. The Labute approximate surface area is 113 Å². The van der Waals surface area contributed by atoms with E-state index in [1.807, 2.05) is 13.0 Å². The van der Waals surface area contributed by atoms with Crippen molar-refractivity contribution in [3.8, 4) is 0 Å². The Morgan fingerprint density at radius 1 is 1.42 bits per heavy atom. The third-order valence-electron chi connectivity index (χ3n) is 3.64. The summed E-state index contributed by atoms with van der Waals surface area (Å²) in [6, 6.07) is 6.76. The summed E-state index contributed by atoms with van der Waals surface area (Å²) in [5, 5.41) is 6.14. The van der Waals surface area contributed by atoms with E-state index in [0.29, 0.717) is 6.04 Å². The Bertz CT molecular complexity index is 430. The Balaban J connectivity index is 1.76. The van der Waals surface area contributed by atoms with Crippen LogP contribution in [0.5, 0.6) is 0 Å². The van der Waals surface area contributed by atoms with Crippen LogP contribution in [0.15, 0.2) is 24.3 Å². The minimum atomic E-state index is -0.249. The van der Waals surface area contributed by atoms with E-state index in [-0.39, 0.29) is 24.3 Å². The van der Waals surface area contributed by atoms with Gasteiger partial charge < -0.3 is 10.6 Å². The van der Waals surface area contributed by atoms with Gasteiger partial charge in [-0.25, -0.2) is 4.39 Å². The highest BCUT2D eigenvalue weighted by Gasteiger charge is 2.17. The zero-order chi connectivity index (χ0) is 13.7. The van der Waals surface area contributed by atoms with Crippen molar-refractivity contribution in [2.24, 2.45) is 0 Å². The molecule has 1 amide bonds. The number of amides is 1. The highest BCUT2D eigenvalue weighted by Crippen LogP contribution is 2.17. The molecule has 0 spiro atoms. The molecule has 4 heteroatoms. The maximum absolute atomic E-state index is 13.1. The van der Waals surface area contributed by atoms with Crippen LogP contribution in [0.1, 0.15) is 44.2 Å². The lowest BCUT2D eigenvalue weighted by Crippen LogP contribution is -2.39. The van der Waals surface area contributed by atoms with E-state index >= 15 is 0 Å². The first-order valence-corrected chi connectivity index (χ1v) is 6.93. The van der Waals surface area contributed by atoms with Crippen LogP contribution in [0, 0.1) is 5.82 Å². The van der Waals surface area contributed by atoms with E-state index in [1.54, 1.807) is 6.07 Å². The number of rotatable bonds is 5. The molecule has 104 valence electrons. The molecule has 1 atom stereocenters. The predicted molar refractivity (Wildman–Crippen MR) is 73.2 cm³/mol. The second kappa shape index (κ2) is 6.66. The number of nitrogens with one attached hydrogen (secondary N) is 2. The summed E-state index contributed by atoms with van der Waals surface area (Å²) >= 11 is 0. The first kappa shape index (κ1) is 14.0. The van der Waals surface area contributed by atoms with E-state index in [1.165, 1.54) is 25.0 Å². The molecule has 0 aliphatic heterocycles. The van der Waals surface area contributed by atoms with Gasteiger partial charge in [0.2, 0.25) is 5.91 Å². The molecule has 3 nitrogen and oxygen atoms in total. The normalized spacial score (nSPS) is 17.4. The number of halogens is 1. The summed E-state index contributed by atoms with van der Waals surface area (Å²) in [5.74, 6) is -0.225. The monoisotopic (exact) mass is 264 g/mol. The van der Waals surface area contributed by atoms with Crippen LogP contribution < -0.4 is 10.6 Å². The fourth-order valence-corrected chi connectivity index (χ4v) is 2.49. The van der Waals surface area contributed by atoms with E-state index in [4.69, 9.17) is 0 Å². The minimum Gasteiger partial charge on any atom is -0.352 e. The number of carbonyl (C=O) groups is 1. The summed E-state index contributed by atoms with van der Waals surface area (Å²) < 4.78 is 13.1. The van der Waals surface area contributed by atoms with Crippen molar-refractivity contribution in [2.45, 2.75) is 44.7 Å². The molecule has 0 heterocycles. The fourth-order valence-electron chi connectivity index (χ4n) is 2.49. The molecule has 0 radical (unpaired) electrons. The zero-order valence-electron chi connectivity index (χ0n) is 11.3. The van der Waals surface area contributed by atoms with Gasteiger partial charge in [0.1, 0.15) is 5.82 Å². The first-order valence-electron chi connectivity index (χ1n) is 6.93. The Morgan fingerprint density at radius 3 is 2.84 bits per heavy atom. The average molecular weight is 264 g/mol. The number of carbonyl (C=O) groups excluding carboxylic acids is 1. The van der Waals surface area contributed by atoms with Crippen molar-refractivity contribution in [3.63, 3.8) is 0 Å². The lowest BCUT2D eigenvalue weighted by Gasteiger charge is -2.16. The van der Waals surface area contributed by atoms with Crippen LogP contribution in [0.25, 0.3) is 0 Å². The molecule has 1 aliphatic rings. The third-order valence-corrected chi connectivity index (χ3v) is 3.64. The summed E-state index contributed by atoms with van der Waals surface area (Å²) in [7, 11) is 0. The topological polar surface area (TPSA) is 41.1 Å². The van der Waals surface area contributed by atoms with Gasteiger partial charge in [-0.15, -0.1) is 0 Å². The molecular formula is C15H21FN2O. The van der Waals surface area contributed by atoms with Gasteiger partial charge in [0.25, 0.3) is 0 Å². The average Bonchev–Trinajstić information content (AvgIpc) is 2.88. The first-order chi connectivity index (χ1) is 9.15. The van der Waals surface area contributed by atoms with Gasteiger partial charge in [-0.2, -0.15) is 0 Å². The molecule has 1 unspecified atom stereocenters. The second-order valence-corrected chi connectivity index (χ2v) is 5.21. The van der Waals surface area contributed by atoms with E-state index < -0.39 is 0 Å². The van der Waals surface area contributed by atoms with Gasteiger partial charge in [0.05, 0.1) is 6.54 Å². The van der Waals surface area contributed by atoms with Crippen LogP contribution in [0.2, 0.25) is 0 Å². The molecule has 1 aliphatic carbocycles. The van der Waals surface area contributed by atoms with Crippen LogP contribution in [-0.2, 0) is 4.79 Å². The van der Waals surface area contributed by atoms with Crippen molar-refractivity contribution in [3.05, 3.63) is 35.6 Å². The fraction of sp³-hybridized carbons (Fsp3) is 0.533. The van der Waals surface area contributed by atoms with Crippen molar-refractivity contribution >= 4 is 5.91 Å². The Morgan fingerprint density at radius 2 is 2.16 bits per heavy atom. The molecule has 2 rings (SSSR count). The predicted octanol–water partition coefficient (Wildman–Crippen LogP) is 2.54. The van der Waals surface area contributed by atoms with E-state index in [9.17, 15) is 9.18 Å². The van der Waals surface area contributed by atoms with Crippen LogP contribution in [0.3, 0.4) is 0 Å². The van der Waals surface area contributed by atoms with Crippen molar-refractivity contribution in [1.29, 1.82) is 0 Å². The SMILES string of the molecule is CC(NCC(=O)NC1CCCC1)c1cccc(F)c1. The van der Waals surface area contributed by atoms with Crippen LogP contribution in [-0.4, -0.2) is 18.5 Å². The molecule has 0 bridgehead atoms. The molecule has 0 aromatic heterocycles. The van der Waals surface area contributed by atoms with Gasteiger partial charge in [0, 0.05) is 12.1 Å². The van der Waals surface area contributed by atoms with E-state index in [2.05, 4.69) is 10.6 Å². The van der Waals surface area contributed by atoms with Gasteiger partial charge in [-0.05, 0) is 37.5 Å². The Hall–Kier alpha value is -1.42. The highest BCUT2D eigenvalue weighted by atomic mass is 19.1. The molecule has 1 fully saturated rings. The van der Waals surface area contributed by atoms with Crippen molar-refractivity contribution < 1.29 is 9.18 Å². The van der Waals surface area contributed by atoms with Gasteiger partial charge in [-0.3, -0.25) is 4.79 Å². The molecule has 19 heavy (non-hydrogen) atoms. The molecule has 0 saturated heterocycles. The summed E-state index contributed by atoms with van der Waals surface area (Å²) in [5.41, 5.74) is 0.855. The molecule has 2 N–H and O–H groups in total. The van der Waals surface area contributed by atoms with E-state index in [0.717, 1.165) is 18.4 Å². The Kier molecular flexibility index (Phi) is 4.91. The number of benzene rings is 1. The number of hydrogen-bond acceptors (Lipinski definition) is 2. The largest absolute Gasteiger partial charge is 0.352 e. The molecule has 1 aromatic rings.